The van der Waals surface area contributed by atoms with Crippen molar-refractivity contribution in [2.75, 3.05) is 80.8 Å². The van der Waals surface area contributed by atoms with Gasteiger partial charge in [0.25, 0.3) is 0 Å². The number of ether oxygens (including phenoxy) is 4. The van der Waals surface area contributed by atoms with Gasteiger partial charge in [0.05, 0.1) is 74.9 Å². The molecule has 0 amide bonds. The lowest BCUT2D eigenvalue weighted by atomic mass is 9.73. The molecule has 4 aromatic heterocycles. The molecule has 12 aliphatic heterocycles. The highest BCUT2D eigenvalue weighted by molar-refractivity contribution is 14.0. The van der Waals surface area contributed by atoms with Crippen LogP contribution in [-0.2, 0) is 20.8 Å². The first kappa shape index (κ1) is 88.8. The number of benzene rings is 4. The maximum atomic E-state index is 11.2. The van der Waals surface area contributed by atoms with Gasteiger partial charge in [-0.05, 0) is 244 Å². The lowest BCUT2D eigenvalue weighted by molar-refractivity contribution is -0.0445. The molecule has 20 unspecified atom stereocenters. The minimum atomic E-state index is -4.67. The summed E-state index contributed by atoms with van der Waals surface area (Å²) in [5.74, 6) is 8.03. The second-order valence-corrected chi connectivity index (χ2v) is 30.6. The van der Waals surface area contributed by atoms with Crippen LogP contribution in [0.25, 0.3) is 43.6 Å². The van der Waals surface area contributed by atoms with E-state index in [9.17, 15) is 20.4 Å². The number of nitrogens with zero attached hydrogens (tertiary/aromatic N) is 8. The van der Waals surface area contributed by atoms with Gasteiger partial charge in [-0.15, -0.1) is 98.2 Å². The fourth-order valence-electron chi connectivity index (χ4n) is 17.8. The Morgan fingerprint density at radius 3 is 0.716 bits per heavy atom. The standard InChI is InChI=1S/4C20H24N2O2.3HI.2H2O4S/c4*1-3-13-12-22-9-7-14(13)10-19(22)20(23)16-6-8-21-18-5-4-15(24-2)11-17(16)18;;;;2*1-5(2,3)4/h4*3-6,8,11,13-14,19-20,23H,1,7,9-10,12H2,2H3;3*1H;2*(H2,1,2,3,4). The molecule has 109 heavy (non-hydrogen) atoms. The molecule has 20 atom stereocenters. The van der Waals surface area contributed by atoms with Gasteiger partial charge in [-0.25, -0.2) is 0 Å². The van der Waals surface area contributed by atoms with Gasteiger partial charge in [-0.3, -0.25) is 57.7 Å². The summed E-state index contributed by atoms with van der Waals surface area (Å²) in [6.45, 7) is 24.3. The number of rotatable bonds is 16. The molecule has 0 spiro atoms. The first-order chi connectivity index (χ1) is 50.8. The lowest BCUT2D eigenvalue weighted by Gasteiger charge is -2.50. The van der Waals surface area contributed by atoms with Crippen molar-refractivity contribution in [3.8, 4) is 23.0 Å². The summed E-state index contributed by atoms with van der Waals surface area (Å²) < 4.78 is 84.6. The highest BCUT2D eigenvalue weighted by Gasteiger charge is 2.46. The zero-order valence-electron chi connectivity index (χ0n) is 61.7. The summed E-state index contributed by atoms with van der Waals surface area (Å²) >= 11 is 0. The zero-order valence-corrected chi connectivity index (χ0v) is 70.3. The molecule has 0 radical (unpaired) electrons. The lowest BCUT2D eigenvalue weighted by Crippen LogP contribution is -2.54. The van der Waals surface area contributed by atoms with E-state index in [1.807, 2.05) is 97.1 Å². The van der Waals surface area contributed by atoms with Crippen LogP contribution in [0.1, 0.15) is 98.0 Å². The molecule has 24 nitrogen and oxygen atoms in total. The van der Waals surface area contributed by atoms with Crippen molar-refractivity contribution in [1.82, 2.24) is 39.5 Å². The molecule has 0 saturated carbocycles. The average Bonchev–Trinajstić information content (AvgIpc) is 0.782. The Hall–Kier alpha value is -5.71. The first-order valence-corrected chi connectivity index (χ1v) is 38.9. The predicted octanol–water partition coefficient (Wildman–Crippen LogP) is 13.2. The van der Waals surface area contributed by atoms with E-state index in [2.05, 4.69) is 90.2 Å². The molecule has 8 bridgehead atoms. The highest BCUT2D eigenvalue weighted by Crippen LogP contribution is 2.47. The number of halogens is 3. The van der Waals surface area contributed by atoms with E-state index in [1.54, 1.807) is 53.2 Å². The van der Waals surface area contributed by atoms with Gasteiger partial charge in [-0.1, -0.05) is 24.3 Å². The summed E-state index contributed by atoms with van der Waals surface area (Å²) in [5, 5.41) is 48.5. The average molecular weight is 1880 g/mol. The molecule has 4 aromatic carbocycles. The minimum Gasteiger partial charge on any atom is -0.497 e. The maximum Gasteiger partial charge on any atom is 0.394 e. The van der Waals surface area contributed by atoms with Crippen molar-refractivity contribution in [1.29, 1.82) is 0 Å². The number of aliphatic hydroxyl groups is 4. The smallest absolute Gasteiger partial charge is 0.394 e. The number of hydrogen-bond acceptors (Lipinski definition) is 20. The molecule has 12 aliphatic rings. The number of hydrogen-bond donors (Lipinski definition) is 8. The zero-order chi connectivity index (χ0) is 75.7. The van der Waals surface area contributed by atoms with Gasteiger partial charge in [0.2, 0.25) is 0 Å². The molecule has 592 valence electrons. The number of fused-ring (bicyclic) bond motifs is 16. The van der Waals surface area contributed by atoms with E-state index < -0.39 is 45.2 Å². The summed E-state index contributed by atoms with van der Waals surface area (Å²) in [7, 11) is -2.69. The SMILES string of the molecule is C=CC1CN2CCC1CC2C(O)c1ccnc2ccc(OC)cc12.C=CC1CN2CCC1CC2C(O)c1ccnc2ccc(OC)cc12.C=CC1CN2CCC1CC2C(O)c1ccnc2ccc(OC)cc12.C=CC1CN2CCC1CC2C(O)c1ccnc2ccc(OC)cc12.I.I.I.O=S(=O)(O)O.O=S(=O)(O)O. The molecule has 20 rings (SSSR count). The normalized spacial score (nSPS) is 27.7. The van der Waals surface area contributed by atoms with E-state index in [0.717, 1.165) is 167 Å². The number of aliphatic hydroxyl groups excluding tert-OH is 4. The molecule has 8 aromatic rings. The molecule has 12 saturated heterocycles. The predicted molar refractivity (Wildman–Crippen MR) is 455 cm³/mol. The van der Waals surface area contributed by atoms with Crippen molar-refractivity contribution < 1.29 is 74.4 Å². The summed E-state index contributed by atoms with van der Waals surface area (Å²) in [4.78, 5) is 27.4. The van der Waals surface area contributed by atoms with Crippen LogP contribution in [0.2, 0.25) is 0 Å². The van der Waals surface area contributed by atoms with Gasteiger partial charge in [0.1, 0.15) is 23.0 Å². The second-order valence-electron chi connectivity index (χ2n) is 28.8. The topological polar surface area (TPSA) is 332 Å². The Balaban J connectivity index is 0.000000174. The van der Waals surface area contributed by atoms with Gasteiger partial charge in [0, 0.05) is 96.7 Å². The molecule has 16 heterocycles. The third-order valence-corrected chi connectivity index (χ3v) is 23.3. The number of methoxy groups -OCH3 is 4. The number of piperidine rings is 12. The molecular formula is C80H103I3N8O16S2. The van der Waals surface area contributed by atoms with Gasteiger partial charge in [0.15, 0.2) is 0 Å². The third kappa shape index (κ3) is 21.6. The monoisotopic (exact) mass is 1880 g/mol. The van der Waals surface area contributed by atoms with E-state index in [1.165, 1.54) is 25.7 Å². The van der Waals surface area contributed by atoms with E-state index in [-0.39, 0.29) is 96.1 Å². The molecule has 29 heteroatoms. The van der Waals surface area contributed by atoms with Gasteiger partial charge >= 0.3 is 20.8 Å². The first-order valence-electron chi connectivity index (χ1n) is 36.1. The van der Waals surface area contributed by atoms with Crippen LogP contribution < -0.4 is 18.9 Å². The fourth-order valence-corrected chi connectivity index (χ4v) is 17.8. The Morgan fingerprint density at radius 2 is 0.560 bits per heavy atom. The molecule has 0 aliphatic carbocycles. The van der Waals surface area contributed by atoms with Crippen molar-refractivity contribution in [3.63, 3.8) is 0 Å². The Morgan fingerprint density at radius 1 is 0.367 bits per heavy atom. The van der Waals surface area contributed by atoms with Crippen LogP contribution in [0.4, 0.5) is 0 Å². The Labute approximate surface area is 690 Å². The maximum absolute atomic E-state index is 11.2. The molecule has 8 N–H and O–H groups in total. The van der Waals surface area contributed by atoms with Crippen molar-refractivity contribution in [2.45, 2.75) is 99.9 Å². The number of aromatic nitrogens is 4. The summed E-state index contributed by atoms with van der Waals surface area (Å²) in [6.07, 6.45) is 22.5. The minimum absolute atomic E-state index is 0. The van der Waals surface area contributed by atoms with Crippen LogP contribution in [0.3, 0.4) is 0 Å². The van der Waals surface area contributed by atoms with Gasteiger partial charge in [-0.2, -0.15) is 16.8 Å². The van der Waals surface area contributed by atoms with Crippen molar-refractivity contribution in [3.05, 3.63) is 195 Å². The van der Waals surface area contributed by atoms with Crippen LogP contribution in [0.5, 0.6) is 23.0 Å². The van der Waals surface area contributed by atoms with Crippen LogP contribution >= 0.6 is 71.9 Å². The van der Waals surface area contributed by atoms with Crippen molar-refractivity contribution in [2.24, 2.45) is 47.3 Å². The Kier molecular flexibility index (Phi) is 32.5. The van der Waals surface area contributed by atoms with Crippen LogP contribution in [0.15, 0.2) is 172 Å². The molecular weight excluding hydrogens is 1770 g/mol. The van der Waals surface area contributed by atoms with Crippen LogP contribution in [0, 0.1) is 47.3 Å². The fraction of sp³-hybridized carbons (Fsp3) is 0.450. The summed E-state index contributed by atoms with van der Waals surface area (Å²) in [6, 6.07) is 31.8. The Bertz CT molecular complexity index is 4090. The van der Waals surface area contributed by atoms with Crippen molar-refractivity contribution >= 4 is 136 Å². The van der Waals surface area contributed by atoms with E-state index in [4.69, 9.17) is 54.0 Å². The third-order valence-electron chi connectivity index (χ3n) is 23.3. The second kappa shape index (κ2) is 39.8. The van der Waals surface area contributed by atoms with E-state index >= 15 is 0 Å². The number of pyridine rings is 4. The largest absolute Gasteiger partial charge is 0.497 e. The van der Waals surface area contributed by atoms with E-state index in [0.29, 0.717) is 47.3 Å². The van der Waals surface area contributed by atoms with Gasteiger partial charge < -0.3 is 39.4 Å². The summed E-state index contributed by atoms with van der Waals surface area (Å²) in [5.41, 5.74) is 7.38. The quantitative estimate of drug-likeness (QED) is 0.0253. The highest BCUT2D eigenvalue weighted by atomic mass is 127. The molecule has 12 fully saturated rings. The van der Waals surface area contributed by atoms with Crippen LogP contribution in [-0.4, -0.2) is 200 Å².